The number of halogens is 2. The van der Waals surface area contributed by atoms with Gasteiger partial charge in [0, 0.05) is 9.13 Å². The van der Waals surface area contributed by atoms with Crippen molar-refractivity contribution in [1.29, 1.82) is 0 Å². The summed E-state index contributed by atoms with van der Waals surface area (Å²) in [6, 6.07) is 9.97. The van der Waals surface area contributed by atoms with Gasteiger partial charge in [-0.1, -0.05) is 44.2 Å². The summed E-state index contributed by atoms with van der Waals surface area (Å²) >= 11 is 2.06. The van der Waals surface area contributed by atoms with Gasteiger partial charge < -0.3 is 20.1 Å². The Morgan fingerprint density at radius 2 is 1.89 bits per heavy atom. The Morgan fingerprint density at radius 1 is 1.13 bits per heavy atom. The van der Waals surface area contributed by atoms with Crippen LogP contribution in [0.25, 0.3) is 11.3 Å². The molecule has 1 aliphatic carbocycles. The van der Waals surface area contributed by atoms with Gasteiger partial charge in [0.1, 0.15) is 30.0 Å². The fourth-order valence-corrected chi connectivity index (χ4v) is 5.82. The summed E-state index contributed by atoms with van der Waals surface area (Å²) in [4.78, 5) is 35.9. The number of H-pyrrole nitrogens is 1. The molecule has 1 saturated heterocycles. The zero-order chi connectivity index (χ0) is 26.6. The number of benzene rings is 2. The maximum absolute atomic E-state index is 14.7. The average molecular weight is 632 g/mol. The minimum Gasteiger partial charge on any atom is -0.491 e. The number of nitrogens with one attached hydrogen (secondary N) is 2. The summed E-state index contributed by atoms with van der Waals surface area (Å²) in [5.41, 5.74) is 1.53. The monoisotopic (exact) mass is 632 g/mol. The van der Waals surface area contributed by atoms with Gasteiger partial charge in [0.05, 0.1) is 24.5 Å². The van der Waals surface area contributed by atoms with Crippen LogP contribution >= 0.6 is 22.6 Å². The number of amides is 3. The number of nitrogens with zero attached hydrogens (tertiary/aromatic N) is 2. The average Bonchev–Trinajstić information content (AvgIpc) is 3.51. The Bertz CT molecular complexity index is 1290. The summed E-state index contributed by atoms with van der Waals surface area (Å²) in [6.07, 6.45) is 7.69. The molecule has 2 aliphatic rings. The number of aromatic amines is 1. The molecule has 200 valence electrons. The number of urea groups is 1. The number of imidazole rings is 1. The van der Waals surface area contributed by atoms with Gasteiger partial charge >= 0.3 is 6.03 Å². The maximum atomic E-state index is 14.7. The fourth-order valence-electron chi connectivity index (χ4n) is 5.36. The number of carbonyl (C=O) groups excluding carboxylic acids is 2. The number of aliphatic hydroxyl groups is 1. The van der Waals surface area contributed by atoms with E-state index in [4.69, 9.17) is 9.84 Å². The van der Waals surface area contributed by atoms with Crippen LogP contribution in [-0.4, -0.2) is 45.1 Å². The molecule has 2 fully saturated rings. The van der Waals surface area contributed by atoms with Crippen molar-refractivity contribution in [3.8, 4) is 17.0 Å². The van der Waals surface area contributed by atoms with Crippen LogP contribution in [0.1, 0.15) is 62.0 Å². The molecule has 8 nitrogen and oxygen atoms in total. The van der Waals surface area contributed by atoms with Crippen LogP contribution in [0.15, 0.2) is 48.7 Å². The van der Waals surface area contributed by atoms with E-state index in [0.29, 0.717) is 40.7 Å². The second-order valence-electron chi connectivity index (χ2n) is 9.79. The molecular weight excluding hydrogens is 602 g/mol. The van der Waals surface area contributed by atoms with Gasteiger partial charge in [-0.05, 0) is 70.8 Å². The molecule has 2 heterocycles. The summed E-state index contributed by atoms with van der Waals surface area (Å²) in [6.45, 7) is 0.0767. The minimum atomic E-state index is -0.827. The van der Waals surface area contributed by atoms with E-state index in [1.165, 1.54) is 17.4 Å². The molecule has 1 unspecified atom stereocenters. The van der Waals surface area contributed by atoms with Gasteiger partial charge in [-0.2, -0.15) is 0 Å². The summed E-state index contributed by atoms with van der Waals surface area (Å²) in [5, 5.41) is 11.8. The smallest absolute Gasteiger partial charge is 0.325 e. The van der Waals surface area contributed by atoms with Crippen molar-refractivity contribution in [3.05, 3.63) is 69.4 Å². The molecule has 1 aromatic heterocycles. The van der Waals surface area contributed by atoms with Gasteiger partial charge in [0.15, 0.2) is 0 Å². The SMILES string of the molecule is O=C1N[C@H](c2ccc(OCCO)cc2)C(=O)N1C(CC1CCCCC1)c1ncc(-c2ccc(I)cc2F)[nH]1. The van der Waals surface area contributed by atoms with Crippen LogP contribution < -0.4 is 10.1 Å². The lowest BCUT2D eigenvalue weighted by Gasteiger charge is -2.30. The van der Waals surface area contributed by atoms with Crippen molar-refractivity contribution in [1.82, 2.24) is 20.2 Å². The van der Waals surface area contributed by atoms with Crippen LogP contribution in [0.4, 0.5) is 9.18 Å². The van der Waals surface area contributed by atoms with E-state index in [0.717, 1.165) is 29.3 Å². The Hall–Kier alpha value is -2.99. The summed E-state index contributed by atoms with van der Waals surface area (Å²) in [7, 11) is 0. The van der Waals surface area contributed by atoms with Gasteiger partial charge in [0.2, 0.25) is 0 Å². The Labute approximate surface area is 234 Å². The molecule has 10 heteroatoms. The predicted octanol–water partition coefficient (Wildman–Crippen LogP) is 5.50. The molecular formula is C28H30FIN4O4. The zero-order valence-corrected chi connectivity index (χ0v) is 23.0. The molecule has 0 spiro atoms. The molecule has 2 aromatic carbocycles. The highest BCUT2D eigenvalue weighted by atomic mass is 127. The van der Waals surface area contributed by atoms with E-state index in [9.17, 15) is 14.0 Å². The first kappa shape index (κ1) is 26.6. The molecule has 3 N–H and O–H groups in total. The van der Waals surface area contributed by atoms with Crippen LogP contribution in [0.5, 0.6) is 5.75 Å². The first-order chi connectivity index (χ1) is 18.4. The van der Waals surface area contributed by atoms with E-state index in [2.05, 4.69) is 37.9 Å². The minimum absolute atomic E-state index is 0.0963. The predicted molar refractivity (Wildman–Crippen MR) is 148 cm³/mol. The summed E-state index contributed by atoms with van der Waals surface area (Å²) < 4.78 is 20.9. The highest BCUT2D eigenvalue weighted by Crippen LogP contribution is 2.38. The molecule has 0 bridgehead atoms. The highest BCUT2D eigenvalue weighted by molar-refractivity contribution is 14.1. The lowest BCUT2D eigenvalue weighted by molar-refractivity contribution is -0.129. The van der Waals surface area contributed by atoms with Crippen LogP contribution in [0.2, 0.25) is 0 Å². The molecule has 5 rings (SSSR count). The van der Waals surface area contributed by atoms with Crippen LogP contribution in [-0.2, 0) is 4.79 Å². The number of rotatable bonds is 9. The standard InChI is InChI=1S/C28H30FIN4O4/c29-22-15-19(30)8-11-21(22)23-16-31-26(32-23)24(14-17-4-2-1-3-5-17)34-27(36)25(33-28(34)37)18-6-9-20(10-7-18)38-13-12-35/h6-11,15-17,24-25,35H,1-5,12-14H2,(H,31,32)(H,33,37)/t24?,25-/m1/s1. The number of carbonyl (C=O) groups is 2. The number of imide groups is 1. The molecule has 38 heavy (non-hydrogen) atoms. The Kier molecular flexibility index (Phi) is 8.27. The van der Waals surface area contributed by atoms with E-state index in [-0.39, 0.29) is 24.9 Å². The van der Waals surface area contributed by atoms with Crippen LogP contribution in [0, 0.1) is 15.3 Å². The molecule has 3 amide bonds. The van der Waals surface area contributed by atoms with Crippen LogP contribution in [0.3, 0.4) is 0 Å². The number of hydrogen-bond donors (Lipinski definition) is 3. The quantitative estimate of drug-likeness (QED) is 0.214. The van der Waals surface area contributed by atoms with Crippen molar-refractivity contribution in [2.24, 2.45) is 5.92 Å². The van der Waals surface area contributed by atoms with Gasteiger partial charge in [-0.25, -0.2) is 14.2 Å². The first-order valence-corrected chi connectivity index (χ1v) is 14.0. The number of ether oxygens (including phenoxy) is 1. The molecule has 2 atom stereocenters. The molecule has 0 radical (unpaired) electrons. The van der Waals surface area contributed by atoms with Gasteiger partial charge in [-0.15, -0.1) is 0 Å². The van der Waals surface area contributed by atoms with E-state index in [1.54, 1.807) is 36.5 Å². The number of hydrogen-bond acceptors (Lipinski definition) is 5. The van der Waals surface area contributed by atoms with Crippen molar-refractivity contribution >= 4 is 34.5 Å². The van der Waals surface area contributed by atoms with Crippen molar-refractivity contribution in [2.45, 2.75) is 50.6 Å². The van der Waals surface area contributed by atoms with Crippen molar-refractivity contribution < 1.29 is 23.8 Å². The second kappa shape index (κ2) is 11.8. The fraction of sp³-hybridized carbons (Fsp3) is 0.393. The third-order valence-corrected chi connectivity index (χ3v) is 7.94. The molecule has 1 aliphatic heterocycles. The van der Waals surface area contributed by atoms with Gasteiger partial charge in [0.25, 0.3) is 5.91 Å². The lowest BCUT2D eigenvalue weighted by Crippen LogP contribution is -2.37. The van der Waals surface area contributed by atoms with Gasteiger partial charge in [-0.3, -0.25) is 9.69 Å². The third-order valence-electron chi connectivity index (χ3n) is 7.27. The number of aromatic nitrogens is 2. The molecule has 3 aromatic rings. The second-order valence-corrected chi connectivity index (χ2v) is 11.0. The Balaban J connectivity index is 1.43. The number of aliphatic hydroxyl groups excluding tert-OH is 1. The first-order valence-electron chi connectivity index (χ1n) is 12.9. The largest absolute Gasteiger partial charge is 0.491 e. The third kappa shape index (κ3) is 5.70. The zero-order valence-electron chi connectivity index (χ0n) is 20.8. The topological polar surface area (TPSA) is 108 Å². The lowest BCUT2D eigenvalue weighted by atomic mass is 9.84. The van der Waals surface area contributed by atoms with E-state index < -0.39 is 18.1 Å². The Morgan fingerprint density at radius 3 is 2.61 bits per heavy atom. The molecule has 1 saturated carbocycles. The van der Waals surface area contributed by atoms with E-state index in [1.807, 2.05) is 6.07 Å². The normalized spacial score (nSPS) is 19.0. The van der Waals surface area contributed by atoms with Crippen molar-refractivity contribution in [3.63, 3.8) is 0 Å². The van der Waals surface area contributed by atoms with Crippen molar-refractivity contribution in [2.75, 3.05) is 13.2 Å². The highest BCUT2D eigenvalue weighted by Gasteiger charge is 2.45. The van der Waals surface area contributed by atoms with E-state index >= 15 is 0 Å². The summed E-state index contributed by atoms with van der Waals surface area (Å²) in [5.74, 6) is 0.688. The maximum Gasteiger partial charge on any atom is 0.325 e.